The number of nitrogens with zero attached hydrogens (tertiary/aromatic N) is 3. The van der Waals surface area contributed by atoms with Gasteiger partial charge in [0.25, 0.3) is 11.6 Å². The molecule has 1 fully saturated rings. The lowest BCUT2D eigenvalue weighted by molar-refractivity contribution is -0.384. The van der Waals surface area contributed by atoms with Crippen LogP contribution in [0.5, 0.6) is 0 Å². The van der Waals surface area contributed by atoms with Gasteiger partial charge in [0.1, 0.15) is 0 Å². The summed E-state index contributed by atoms with van der Waals surface area (Å²) in [6.07, 6.45) is 0. The predicted molar refractivity (Wildman–Crippen MR) is 116 cm³/mol. The molecule has 0 atom stereocenters. The molecule has 0 saturated carbocycles. The molecule has 1 aliphatic rings. The standard InChI is InChI=1S/C20H24N4O6S/c1-14-4-5-15(24(26)27)12-18(14)21-20(25)17-13-16(31(28,29)22(2)3)6-7-19(17)23-8-10-30-11-9-23/h4-7,12-13H,8-11H2,1-3H3,(H,21,25). The van der Waals surface area contributed by atoms with Crippen molar-refractivity contribution >= 4 is 33.0 Å². The van der Waals surface area contributed by atoms with E-state index in [1.54, 1.807) is 19.1 Å². The molecule has 0 radical (unpaired) electrons. The minimum Gasteiger partial charge on any atom is -0.378 e. The number of anilines is 2. The first-order chi connectivity index (χ1) is 14.6. The van der Waals surface area contributed by atoms with Crippen LogP contribution in [0, 0.1) is 17.0 Å². The highest BCUT2D eigenvalue weighted by atomic mass is 32.2. The quantitative estimate of drug-likeness (QED) is 0.531. The maximum Gasteiger partial charge on any atom is 0.271 e. The van der Waals surface area contributed by atoms with Gasteiger partial charge in [-0.05, 0) is 30.7 Å². The van der Waals surface area contributed by atoms with Crippen LogP contribution in [-0.4, -0.2) is 64.0 Å². The number of nitrogens with one attached hydrogen (secondary N) is 1. The summed E-state index contributed by atoms with van der Waals surface area (Å²) in [4.78, 5) is 25.7. The van der Waals surface area contributed by atoms with E-state index < -0.39 is 20.9 Å². The Morgan fingerprint density at radius 3 is 2.45 bits per heavy atom. The van der Waals surface area contributed by atoms with E-state index in [-0.39, 0.29) is 21.8 Å². The molecule has 0 spiro atoms. The summed E-state index contributed by atoms with van der Waals surface area (Å²) in [5.41, 5.74) is 1.51. The second-order valence-corrected chi connectivity index (χ2v) is 9.43. The van der Waals surface area contributed by atoms with Crippen LogP contribution in [0.25, 0.3) is 0 Å². The van der Waals surface area contributed by atoms with Gasteiger partial charge >= 0.3 is 0 Å². The minimum absolute atomic E-state index is 0.0181. The van der Waals surface area contributed by atoms with Crippen molar-refractivity contribution in [1.29, 1.82) is 0 Å². The van der Waals surface area contributed by atoms with Gasteiger partial charge in [-0.15, -0.1) is 0 Å². The summed E-state index contributed by atoms with van der Waals surface area (Å²) < 4.78 is 31.7. The lowest BCUT2D eigenvalue weighted by Crippen LogP contribution is -2.37. The van der Waals surface area contributed by atoms with Crippen molar-refractivity contribution in [3.8, 4) is 0 Å². The largest absolute Gasteiger partial charge is 0.378 e. The van der Waals surface area contributed by atoms with Crippen LogP contribution in [0.4, 0.5) is 17.1 Å². The molecule has 2 aromatic rings. The van der Waals surface area contributed by atoms with Gasteiger partial charge in [0.05, 0.1) is 34.3 Å². The predicted octanol–water partition coefficient (Wildman–Crippen LogP) is 2.24. The van der Waals surface area contributed by atoms with Crippen molar-refractivity contribution in [3.05, 3.63) is 57.6 Å². The summed E-state index contributed by atoms with van der Waals surface area (Å²) in [6, 6.07) is 8.59. The van der Waals surface area contributed by atoms with E-state index in [1.165, 1.54) is 38.4 Å². The number of rotatable bonds is 6. The summed E-state index contributed by atoms with van der Waals surface area (Å²) in [5, 5.41) is 13.8. The zero-order valence-corrected chi connectivity index (χ0v) is 18.3. The fourth-order valence-corrected chi connectivity index (χ4v) is 4.12. The van der Waals surface area contributed by atoms with E-state index in [0.29, 0.717) is 37.6 Å². The first kappa shape index (κ1) is 22.7. The van der Waals surface area contributed by atoms with Crippen LogP contribution in [0.3, 0.4) is 0 Å². The highest BCUT2D eigenvalue weighted by molar-refractivity contribution is 7.89. The normalized spacial score (nSPS) is 14.5. The van der Waals surface area contributed by atoms with E-state index in [9.17, 15) is 23.3 Å². The van der Waals surface area contributed by atoms with Crippen LogP contribution in [0.1, 0.15) is 15.9 Å². The van der Waals surface area contributed by atoms with Gasteiger partial charge < -0.3 is 15.0 Å². The van der Waals surface area contributed by atoms with Crippen molar-refractivity contribution in [1.82, 2.24) is 4.31 Å². The number of morpholine rings is 1. The van der Waals surface area contributed by atoms with Crippen LogP contribution in [0.15, 0.2) is 41.3 Å². The monoisotopic (exact) mass is 448 g/mol. The Hall–Kier alpha value is -3.02. The number of nitro benzene ring substituents is 1. The molecule has 1 saturated heterocycles. The van der Waals surface area contributed by atoms with E-state index >= 15 is 0 Å². The SMILES string of the molecule is Cc1ccc([N+](=O)[O-])cc1NC(=O)c1cc(S(=O)(=O)N(C)C)ccc1N1CCOCC1. The fraction of sp³-hybridized carbons (Fsp3) is 0.350. The Balaban J connectivity index is 2.05. The number of hydrogen-bond acceptors (Lipinski definition) is 7. The first-order valence-corrected chi connectivity index (χ1v) is 11.0. The Kier molecular flexibility index (Phi) is 6.58. The molecule has 31 heavy (non-hydrogen) atoms. The maximum atomic E-state index is 13.2. The molecule has 3 rings (SSSR count). The molecule has 1 aliphatic heterocycles. The number of amides is 1. The number of nitro groups is 1. The van der Waals surface area contributed by atoms with Gasteiger partial charge in [0.2, 0.25) is 10.0 Å². The molecule has 10 nitrogen and oxygen atoms in total. The van der Waals surface area contributed by atoms with E-state index in [1.807, 2.05) is 4.90 Å². The molecule has 0 aromatic heterocycles. The first-order valence-electron chi connectivity index (χ1n) is 9.57. The van der Waals surface area contributed by atoms with Crippen molar-refractivity contribution in [3.63, 3.8) is 0 Å². The van der Waals surface area contributed by atoms with Gasteiger partial charge in [-0.1, -0.05) is 6.07 Å². The van der Waals surface area contributed by atoms with Gasteiger partial charge in [0, 0.05) is 45.0 Å². The average molecular weight is 449 g/mol. The van der Waals surface area contributed by atoms with Crippen molar-refractivity contribution in [2.75, 3.05) is 50.6 Å². The lowest BCUT2D eigenvalue weighted by atomic mass is 10.1. The second-order valence-electron chi connectivity index (χ2n) is 7.28. The van der Waals surface area contributed by atoms with E-state index in [4.69, 9.17) is 4.74 Å². The molecular formula is C20H24N4O6S. The van der Waals surface area contributed by atoms with Crippen molar-refractivity contribution < 1.29 is 22.9 Å². The lowest BCUT2D eigenvalue weighted by Gasteiger charge is -2.30. The maximum absolute atomic E-state index is 13.2. The smallest absolute Gasteiger partial charge is 0.271 e. The van der Waals surface area contributed by atoms with Crippen LogP contribution in [0.2, 0.25) is 0 Å². The molecule has 1 N–H and O–H groups in total. The third-order valence-corrected chi connectivity index (χ3v) is 6.83. The zero-order chi connectivity index (χ0) is 22.8. The van der Waals surface area contributed by atoms with Crippen LogP contribution >= 0.6 is 0 Å². The number of carbonyl (C=O) groups is 1. The molecule has 0 unspecified atom stereocenters. The van der Waals surface area contributed by atoms with Gasteiger partial charge in [0.15, 0.2) is 0 Å². The zero-order valence-electron chi connectivity index (χ0n) is 17.5. The number of carbonyl (C=O) groups excluding carboxylic acids is 1. The molecule has 0 aliphatic carbocycles. The summed E-state index contributed by atoms with van der Waals surface area (Å²) in [6.45, 7) is 3.80. The average Bonchev–Trinajstić information content (AvgIpc) is 2.75. The topological polar surface area (TPSA) is 122 Å². The molecule has 166 valence electrons. The highest BCUT2D eigenvalue weighted by Gasteiger charge is 2.25. The van der Waals surface area contributed by atoms with Gasteiger partial charge in [-0.2, -0.15) is 0 Å². The van der Waals surface area contributed by atoms with Crippen LogP contribution in [-0.2, 0) is 14.8 Å². The number of benzene rings is 2. The third kappa shape index (κ3) is 4.84. The molecule has 0 bridgehead atoms. The fourth-order valence-electron chi connectivity index (χ4n) is 3.20. The Morgan fingerprint density at radius 1 is 1.16 bits per heavy atom. The number of hydrogen-bond donors (Lipinski definition) is 1. The molecule has 11 heteroatoms. The number of non-ortho nitro benzene ring substituents is 1. The van der Waals surface area contributed by atoms with Crippen molar-refractivity contribution in [2.24, 2.45) is 0 Å². The van der Waals surface area contributed by atoms with Crippen LogP contribution < -0.4 is 10.2 Å². The van der Waals surface area contributed by atoms with E-state index in [2.05, 4.69) is 5.32 Å². The molecule has 1 amide bonds. The van der Waals surface area contributed by atoms with E-state index in [0.717, 1.165) is 4.31 Å². The summed E-state index contributed by atoms with van der Waals surface area (Å²) in [7, 11) is -0.930. The number of ether oxygens (including phenoxy) is 1. The molecule has 1 heterocycles. The van der Waals surface area contributed by atoms with Crippen molar-refractivity contribution in [2.45, 2.75) is 11.8 Å². The second kappa shape index (κ2) is 9.00. The molecular weight excluding hydrogens is 424 g/mol. The highest BCUT2D eigenvalue weighted by Crippen LogP contribution is 2.28. The Morgan fingerprint density at radius 2 is 1.84 bits per heavy atom. The summed E-state index contributed by atoms with van der Waals surface area (Å²) in [5.74, 6) is -0.555. The summed E-state index contributed by atoms with van der Waals surface area (Å²) >= 11 is 0. The number of sulfonamides is 1. The van der Waals surface area contributed by atoms with Gasteiger partial charge in [-0.3, -0.25) is 14.9 Å². The number of aryl methyl sites for hydroxylation is 1. The Labute approximate surface area is 180 Å². The third-order valence-electron chi connectivity index (χ3n) is 5.02. The van der Waals surface area contributed by atoms with Gasteiger partial charge in [-0.25, -0.2) is 12.7 Å². The Bertz CT molecular complexity index is 1110. The minimum atomic E-state index is -3.76. The molecule has 2 aromatic carbocycles.